The van der Waals surface area contributed by atoms with E-state index in [1.54, 1.807) is 19.1 Å². The molecule has 1 N–H and O–H groups in total. The lowest BCUT2D eigenvalue weighted by Crippen LogP contribution is -2.02. The fraction of sp³-hybridized carbons (Fsp3) is 0.385. The predicted octanol–water partition coefficient (Wildman–Crippen LogP) is 3.37. The van der Waals surface area contributed by atoms with Crippen LogP contribution in [0.1, 0.15) is 20.8 Å². The third kappa shape index (κ3) is 4.08. The van der Waals surface area contributed by atoms with E-state index >= 15 is 0 Å². The number of rotatable bonds is 6. The normalized spacial score (nSPS) is 9.72. The Balaban J connectivity index is 2.86. The first-order valence-corrected chi connectivity index (χ1v) is 5.83. The quantitative estimate of drug-likeness (QED) is 0.477. The number of hydrogen-bond acceptors (Lipinski definition) is 4. The van der Waals surface area contributed by atoms with Gasteiger partial charge in [0.05, 0.1) is 11.5 Å². The molecule has 0 aromatic heterocycles. The Labute approximate surface area is 107 Å². The fourth-order valence-corrected chi connectivity index (χ4v) is 1.42. The van der Waals surface area contributed by atoms with Crippen LogP contribution in [0.25, 0.3) is 0 Å². The maximum Gasteiger partial charge on any atom is 0.311 e. The van der Waals surface area contributed by atoms with Crippen molar-refractivity contribution in [3.63, 3.8) is 0 Å². The zero-order chi connectivity index (χ0) is 13.5. The Morgan fingerprint density at radius 2 is 2.22 bits per heavy atom. The van der Waals surface area contributed by atoms with Crippen LogP contribution >= 0.6 is 0 Å². The molecule has 1 rings (SSSR count). The summed E-state index contributed by atoms with van der Waals surface area (Å²) in [5.41, 5.74) is 2.01. The van der Waals surface area contributed by atoms with Crippen LogP contribution in [0, 0.1) is 10.1 Å². The van der Waals surface area contributed by atoms with Crippen LogP contribution in [0.5, 0.6) is 5.75 Å². The number of nitro groups is 1. The molecule has 0 aliphatic rings. The Bertz CT molecular complexity index is 452. The molecule has 0 radical (unpaired) electrons. The van der Waals surface area contributed by atoms with Crippen molar-refractivity contribution in [2.24, 2.45) is 0 Å². The van der Waals surface area contributed by atoms with Crippen molar-refractivity contribution in [3.8, 4) is 5.75 Å². The van der Waals surface area contributed by atoms with Crippen LogP contribution in [-0.4, -0.2) is 18.1 Å². The van der Waals surface area contributed by atoms with Gasteiger partial charge in [-0.05, 0) is 26.8 Å². The Hall–Kier alpha value is -2.04. The minimum Gasteiger partial charge on any atom is -0.487 e. The highest BCUT2D eigenvalue weighted by Crippen LogP contribution is 2.29. The van der Waals surface area contributed by atoms with E-state index in [-0.39, 0.29) is 5.69 Å². The highest BCUT2D eigenvalue weighted by Gasteiger charge is 2.14. The van der Waals surface area contributed by atoms with Crippen LogP contribution < -0.4 is 10.1 Å². The second-order valence-corrected chi connectivity index (χ2v) is 4.04. The smallest absolute Gasteiger partial charge is 0.311 e. The van der Waals surface area contributed by atoms with Crippen molar-refractivity contribution in [2.45, 2.75) is 20.8 Å². The largest absolute Gasteiger partial charge is 0.487 e. The molecule has 0 bridgehead atoms. The molecule has 18 heavy (non-hydrogen) atoms. The van der Waals surface area contributed by atoms with E-state index in [2.05, 4.69) is 5.32 Å². The van der Waals surface area contributed by atoms with Crippen LogP contribution in [0.2, 0.25) is 0 Å². The van der Waals surface area contributed by atoms with E-state index < -0.39 is 4.92 Å². The number of anilines is 1. The van der Waals surface area contributed by atoms with Crippen LogP contribution in [0.4, 0.5) is 11.4 Å². The van der Waals surface area contributed by atoms with E-state index in [9.17, 15) is 10.1 Å². The number of ether oxygens (including phenoxy) is 1. The molecular weight excluding hydrogens is 232 g/mol. The first-order chi connectivity index (χ1) is 8.54. The second kappa shape index (κ2) is 6.64. The molecule has 1 aromatic carbocycles. The Kier molecular flexibility index (Phi) is 5.17. The topological polar surface area (TPSA) is 64.4 Å². The van der Waals surface area contributed by atoms with Gasteiger partial charge in [-0.1, -0.05) is 11.6 Å². The van der Waals surface area contributed by atoms with Crippen LogP contribution in [0.15, 0.2) is 29.8 Å². The van der Waals surface area contributed by atoms with Crippen molar-refractivity contribution in [1.29, 1.82) is 0 Å². The molecule has 0 amide bonds. The first kappa shape index (κ1) is 14.0. The third-order valence-corrected chi connectivity index (χ3v) is 2.27. The number of nitrogens with zero attached hydrogens (tertiary/aromatic N) is 1. The number of hydrogen-bond donors (Lipinski definition) is 1. The molecule has 0 unspecified atom stereocenters. The Morgan fingerprint density at radius 3 is 2.78 bits per heavy atom. The maximum atomic E-state index is 10.8. The zero-order valence-electron chi connectivity index (χ0n) is 10.9. The predicted molar refractivity (Wildman–Crippen MR) is 72.2 cm³/mol. The lowest BCUT2D eigenvalue weighted by molar-refractivity contribution is -0.385. The summed E-state index contributed by atoms with van der Waals surface area (Å²) in [6, 6.07) is 4.79. The van der Waals surface area contributed by atoms with Gasteiger partial charge in [0.1, 0.15) is 0 Å². The van der Waals surface area contributed by atoms with E-state index in [0.29, 0.717) is 18.9 Å². The fourth-order valence-electron chi connectivity index (χ4n) is 1.42. The summed E-state index contributed by atoms with van der Waals surface area (Å²) in [6.45, 7) is 6.92. The zero-order valence-corrected chi connectivity index (χ0v) is 10.9. The van der Waals surface area contributed by atoms with Crippen LogP contribution in [0.3, 0.4) is 0 Å². The molecular formula is C13H18N2O3. The van der Waals surface area contributed by atoms with Crippen molar-refractivity contribution < 1.29 is 9.66 Å². The van der Waals surface area contributed by atoms with Crippen LogP contribution in [-0.2, 0) is 0 Å². The van der Waals surface area contributed by atoms with E-state index in [1.807, 2.05) is 19.9 Å². The van der Waals surface area contributed by atoms with Gasteiger partial charge in [-0.2, -0.15) is 0 Å². The Morgan fingerprint density at radius 1 is 1.50 bits per heavy atom. The van der Waals surface area contributed by atoms with E-state index in [0.717, 1.165) is 5.69 Å². The van der Waals surface area contributed by atoms with Gasteiger partial charge < -0.3 is 10.1 Å². The molecule has 98 valence electrons. The molecule has 0 spiro atoms. The summed E-state index contributed by atoms with van der Waals surface area (Å²) in [4.78, 5) is 10.4. The summed E-state index contributed by atoms with van der Waals surface area (Å²) in [6.07, 6.45) is 2.04. The molecule has 0 aliphatic heterocycles. The number of benzene rings is 1. The van der Waals surface area contributed by atoms with Crippen molar-refractivity contribution >= 4 is 11.4 Å². The monoisotopic (exact) mass is 250 g/mol. The molecule has 0 aliphatic carbocycles. The average Bonchev–Trinajstić information content (AvgIpc) is 2.29. The summed E-state index contributed by atoms with van der Waals surface area (Å²) in [5, 5.41) is 14.0. The SMILES string of the molecule is CCOc1cc(NCC=C(C)C)ccc1[N+](=O)[O-]. The third-order valence-electron chi connectivity index (χ3n) is 2.27. The summed E-state index contributed by atoms with van der Waals surface area (Å²) >= 11 is 0. The van der Waals surface area contributed by atoms with Gasteiger partial charge in [-0.15, -0.1) is 0 Å². The molecule has 0 atom stereocenters. The van der Waals surface area contributed by atoms with E-state index in [1.165, 1.54) is 11.6 Å². The van der Waals surface area contributed by atoms with Gasteiger partial charge in [-0.25, -0.2) is 0 Å². The highest BCUT2D eigenvalue weighted by atomic mass is 16.6. The number of nitro benzene ring substituents is 1. The number of allylic oxidation sites excluding steroid dienone is 1. The summed E-state index contributed by atoms with van der Waals surface area (Å²) in [5.74, 6) is 0.296. The van der Waals surface area contributed by atoms with Crippen molar-refractivity contribution in [3.05, 3.63) is 40.0 Å². The lowest BCUT2D eigenvalue weighted by Gasteiger charge is -2.08. The second-order valence-electron chi connectivity index (χ2n) is 4.04. The first-order valence-electron chi connectivity index (χ1n) is 5.83. The van der Waals surface area contributed by atoms with Gasteiger partial charge in [0.15, 0.2) is 5.75 Å². The maximum absolute atomic E-state index is 10.8. The van der Waals surface area contributed by atoms with Gasteiger partial charge in [0.25, 0.3) is 0 Å². The summed E-state index contributed by atoms with van der Waals surface area (Å²) < 4.78 is 5.27. The minimum absolute atomic E-state index is 0.00962. The van der Waals surface area contributed by atoms with Gasteiger partial charge >= 0.3 is 5.69 Å². The molecule has 1 aromatic rings. The summed E-state index contributed by atoms with van der Waals surface area (Å²) in [7, 11) is 0. The average molecular weight is 250 g/mol. The molecule has 0 fully saturated rings. The minimum atomic E-state index is -0.440. The molecule has 0 saturated heterocycles. The van der Waals surface area contributed by atoms with Crippen molar-refractivity contribution in [1.82, 2.24) is 0 Å². The molecule has 0 saturated carbocycles. The molecule has 0 heterocycles. The van der Waals surface area contributed by atoms with E-state index in [4.69, 9.17) is 4.74 Å². The highest BCUT2D eigenvalue weighted by molar-refractivity contribution is 5.58. The number of nitrogens with one attached hydrogen (secondary N) is 1. The van der Waals surface area contributed by atoms with Gasteiger partial charge in [-0.3, -0.25) is 10.1 Å². The molecule has 5 heteroatoms. The molecule has 5 nitrogen and oxygen atoms in total. The van der Waals surface area contributed by atoms with Gasteiger partial charge in [0, 0.05) is 24.4 Å². The van der Waals surface area contributed by atoms with Crippen molar-refractivity contribution in [2.75, 3.05) is 18.5 Å². The van der Waals surface area contributed by atoms with Gasteiger partial charge in [0.2, 0.25) is 0 Å². The lowest BCUT2D eigenvalue weighted by atomic mass is 10.2. The standard InChI is InChI=1S/C13H18N2O3/c1-4-18-13-9-11(14-8-7-10(2)3)5-6-12(13)15(16)17/h5-7,9,14H,4,8H2,1-3H3.